The summed E-state index contributed by atoms with van der Waals surface area (Å²) >= 11 is 0. The zero-order valence-electron chi connectivity index (χ0n) is 12.1. The van der Waals surface area contributed by atoms with Gasteiger partial charge in [-0.2, -0.15) is 0 Å². The molecule has 19 heavy (non-hydrogen) atoms. The molecule has 0 aliphatic carbocycles. The van der Waals surface area contributed by atoms with Gasteiger partial charge in [0.2, 0.25) is 0 Å². The number of carbonyl (C=O) groups excluding carboxylic acids is 1. The molecule has 0 spiro atoms. The summed E-state index contributed by atoms with van der Waals surface area (Å²) in [6.45, 7) is 4.87. The van der Waals surface area contributed by atoms with Crippen LogP contribution in [-0.4, -0.2) is 33.2 Å². The van der Waals surface area contributed by atoms with Crippen molar-refractivity contribution in [3.8, 4) is 0 Å². The van der Waals surface area contributed by atoms with Crippen molar-refractivity contribution in [2.24, 2.45) is 0 Å². The highest BCUT2D eigenvalue weighted by atomic mass is 16.5. The van der Waals surface area contributed by atoms with Crippen LogP contribution in [0.25, 0.3) is 0 Å². The topological polar surface area (TPSA) is 41.6 Å². The predicted molar refractivity (Wildman–Crippen MR) is 79.8 cm³/mol. The smallest absolute Gasteiger partial charge is 0.330 e. The third-order valence-electron chi connectivity index (χ3n) is 2.66. The van der Waals surface area contributed by atoms with E-state index in [0.29, 0.717) is 13.2 Å². The first-order valence-electron chi connectivity index (χ1n) is 6.39. The molecule has 0 atom stereocenters. The molecule has 0 aliphatic rings. The molecule has 1 rings (SSSR count). The maximum Gasteiger partial charge on any atom is 0.330 e. The van der Waals surface area contributed by atoms with Gasteiger partial charge in [-0.1, -0.05) is 12.1 Å². The molecule has 1 aromatic rings. The van der Waals surface area contributed by atoms with Crippen molar-refractivity contribution < 1.29 is 9.53 Å². The fraction of sp³-hybridized carbons (Fsp3) is 0.400. The van der Waals surface area contributed by atoms with Crippen LogP contribution >= 0.6 is 0 Å². The van der Waals surface area contributed by atoms with Gasteiger partial charge >= 0.3 is 5.97 Å². The molecule has 1 N–H and O–H groups in total. The van der Waals surface area contributed by atoms with Gasteiger partial charge in [-0.15, -0.1) is 0 Å². The molecule has 4 heteroatoms. The minimum atomic E-state index is -0.304. The summed E-state index contributed by atoms with van der Waals surface area (Å²) in [5, 5.41) is 3.24. The molecule has 1 aromatic carbocycles. The van der Waals surface area contributed by atoms with E-state index in [9.17, 15) is 4.79 Å². The van der Waals surface area contributed by atoms with Gasteiger partial charge in [-0.25, -0.2) is 4.79 Å². The monoisotopic (exact) mass is 262 g/mol. The number of esters is 1. The lowest BCUT2D eigenvalue weighted by atomic mass is 10.1. The second-order valence-electron chi connectivity index (χ2n) is 4.43. The SMILES string of the molecule is CCOC(=O)/C=C/CNc1ccc(C)c(N(C)C)c1. The number of benzene rings is 1. The molecule has 0 aliphatic heterocycles. The molecule has 0 saturated carbocycles. The summed E-state index contributed by atoms with van der Waals surface area (Å²) in [5.74, 6) is -0.304. The van der Waals surface area contributed by atoms with Crippen molar-refractivity contribution in [3.63, 3.8) is 0 Å². The van der Waals surface area contributed by atoms with Gasteiger partial charge in [0.25, 0.3) is 0 Å². The standard InChI is InChI=1S/C15H22N2O2/c1-5-19-15(18)7-6-10-16-13-9-8-12(2)14(11-13)17(3)4/h6-9,11,16H,5,10H2,1-4H3/b7-6+. The molecule has 0 amide bonds. The fourth-order valence-corrected chi connectivity index (χ4v) is 1.72. The third-order valence-corrected chi connectivity index (χ3v) is 2.66. The Morgan fingerprint density at radius 3 is 2.79 bits per heavy atom. The maximum absolute atomic E-state index is 11.1. The lowest BCUT2D eigenvalue weighted by Gasteiger charge is -2.17. The predicted octanol–water partition coefficient (Wildman–Crippen LogP) is 2.59. The van der Waals surface area contributed by atoms with Crippen molar-refractivity contribution in [1.29, 1.82) is 0 Å². The molecule has 0 bridgehead atoms. The molecule has 0 heterocycles. The van der Waals surface area contributed by atoms with E-state index in [0.717, 1.165) is 5.69 Å². The summed E-state index contributed by atoms with van der Waals surface area (Å²) in [4.78, 5) is 13.2. The lowest BCUT2D eigenvalue weighted by Crippen LogP contribution is -2.11. The van der Waals surface area contributed by atoms with Crippen LogP contribution in [0, 0.1) is 6.92 Å². The van der Waals surface area contributed by atoms with Crippen molar-refractivity contribution >= 4 is 17.3 Å². The van der Waals surface area contributed by atoms with Crippen LogP contribution in [-0.2, 0) is 9.53 Å². The average Bonchev–Trinajstić information content (AvgIpc) is 2.36. The summed E-state index contributed by atoms with van der Waals surface area (Å²) < 4.78 is 4.80. The van der Waals surface area contributed by atoms with Crippen LogP contribution in [0.5, 0.6) is 0 Å². The van der Waals surface area contributed by atoms with E-state index < -0.39 is 0 Å². The molecule has 104 valence electrons. The Morgan fingerprint density at radius 1 is 1.42 bits per heavy atom. The largest absolute Gasteiger partial charge is 0.463 e. The van der Waals surface area contributed by atoms with Crippen LogP contribution < -0.4 is 10.2 Å². The van der Waals surface area contributed by atoms with Crippen molar-refractivity contribution in [1.82, 2.24) is 0 Å². The molecule has 4 nitrogen and oxygen atoms in total. The van der Waals surface area contributed by atoms with E-state index in [4.69, 9.17) is 4.74 Å². The van der Waals surface area contributed by atoms with Gasteiger partial charge in [-0.3, -0.25) is 0 Å². The Labute approximate surface area is 115 Å². The van der Waals surface area contributed by atoms with E-state index in [1.165, 1.54) is 17.3 Å². The summed E-state index contributed by atoms with van der Waals surface area (Å²) in [6, 6.07) is 6.20. The number of anilines is 2. The van der Waals surface area contributed by atoms with E-state index >= 15 is 0 Å². The Morgan fingerprint density at radius 2 is 2.16 bits per heavy atom. The average molecular weight is 262 g/mol. The zero-order chi connectivity index (χ0) is 14.3. The molecule has 0 fully saturated rings. The number of nitrogens with zero attached hydrogens (tertiary/aromatic N) is 1. The highest BCUT2D eigenvalue weighted by molar-refractivity contribution is 5.81. The van der Waals surface area contributed by atoms with Crippen molar-refractivity contribution in [3.05, 3.63) is 35.9 Å². The molecule has 0 saturated heterocycles. The van der Waals surface area contributed by atoms with Crippen LogP contribution in [0.2, 0.25) is 0 Å². The highest BCUT2D eigenvalue weighted by Crippen LogP contribution is 2.22. The van der Waals surface area contributed by atoms with E-state index in [-0.39, 0.29) is 5.97 Å². The van der Waals surface area contributed by atoms with Gasteiger partial charge in [-0.05, 0) is 31.5 Å². The molecular weight excluding hydrogens is 240 g/mol. The van der Waals surface area contributed by atoms with Gasteiger partial charge in [0, 0.05) is 38.1 Å². The highest BCUT2D eigenvalue weighted by Gasteiger charge is 2.01. The summed E-state index contributed by atoms with van der Waals surface area (Å²) in [5.41, 5.74) is 3.44. The number of aryl methyl sites for hydroxylation is 1. The molecular formula is C15H22N2O2. The second-order valence-corrected chi connectivity index (χ2v) is 4.43. The van der Waals surface area contributed by atoms with Crippen LogP contribution in [0.1, 0.15) is 12.5 Å². The minimum absolute atomic E-state index is 0.304. The van der Waals surface area contributed by atoms with Crippen LogP contribution in [0.15, 0.2) is 30.4 Å². The second kappa shape index (κ2) is 7.46. The molecule has 0 aromatic heterocycles. The van der Waals surface area contributed by atoms with Crippen molar-refractivity contribution in [2.75, 3.05) is 37.5 Å². The Hall–Kier alpha value is -1.97. The fourth-order valence-electron chi connectivity index (χ4n) is 1.72. The first-order chi connectivity index (χ1) is 9.04. The number of nitrogens with one attached hydrogen (secondary N) is 1. The van der Waals surface area contributed by atoms with Crippen LogP contribution in [0.3, 0.4) is 0 Å². The summed E-state index contributed by atoms with van der Waals surface area (Å²) in [7, 11) is 4.04. The maximum atomic E-state index is 11.1. The number of rotatable bonds is 6. The zero-order valence-corrected chi connectivity index (χ0v) is 12.1. The Kier molecular flexibility index (Phi) is 5.93. The quantitative estimate of drug-likeness (QED) is 0.632. The van der Waals surface area contributed by atoms with Gasteiger partial charge in [0.05, 0.1) is 6.61 Å². The number of ether oxygens (including phenoxy) is 1. The van der Waals surface area contributed by atoms with Gasteiger partial charge < -0.3 is 15.0 Å². The van der Waals surface area contributed by atoms with E-state index in [1.54, 1.807) is 13.0 Å². The Balaban J connectivity index is 2.54. The first kappa shape index (κ1) is 15.1. The van der Waals surface area contributed by atoms with Gasteiger partial charge in [0.15, 0.2) is 0 Å². The number of hydrogen-bond acceptors (Lipinski definition) is 4. The van der Waals surface area contributed by atoms with Crippen LogP contribution in [0.4, 0.5) is 11.4 Å². The normalized spacial score (nSPS) is 10.5. The molecule has 0 radical (unpaired) electrons. The van der Waals surface area contributed by atoms with Crippen molar-refractivity contribution in [2.45, 2.75) is 13.8 Å². The van der Waals surface area contributed by atoms with E-state index in [2.05, 4.69) is 29.3 Å². The minimum Gasteiger partial charge on any atom is -0.463 e. The Bertz CT molecular complexity index is 453. The van der Waals surface area contributed by atoms with E-state index in [1.807, 2.05) is 20.2 Å². The molecule has 0 unspecified atom stereocenters. The lowest BCUT2D eigenvalue weighted by molar-refractivity contribution is -0.137. The van der Waals surface area contributed by atoms with Gasteiger partial charge in [0.1, 0.15) is 0 Å². The number of hydrogen-bond donors (Lipinski definition) is 1. The number of carbonyl (C=O) groups is 1. The first-order valence-corrected chi connectivity index (χ1v) is 6.39. The third kappa shape index (κ3) is 5.04. The summed E-state index contributed by atoms with van der Waals surface area (Å²) in [6.07, 6.45) is 3.20.